The molecule has 0 unspecified atom stereocenters. The first-order valence-corrected chi connectivity index (χ1v) is 20.7. The van der Waals surface area contributed by atoms with E-state index >= 15 is 0 Å². The minimum Gasteiger partial charge on any atom is -0.0622 e. The van der Waals surface area contributed by atoms with Gasteiger partial charge in [-0.3, -0.25) is 0 Å². The first-order chi connectivity index (χ1) is 29.3. The van der Waals surface area contributed by atoms with Crippen LogP contribution in [-0.4, -0.2) is 0 Å². The zero-order valence-corrected chi connectivity index (χ0v) is 32.3. The molecule has 13 rings (SSSR count). The summed E-state index contributed by atoms with van der Waals surface area (Å²) in [5, 5.41) is 7.77. The van der Waals surface area contributed by atoms with E-state index in [-0.39, 0.29) is 5.41 Å². The largest absolute Gasteiger partial charge is 0.0725 e. The van der Waals surface area contributed by atoms with Gasteiger partial charge in [0.25, 0.3) is 0 Å². The Labute approximate surface area is 343 Å². The first kappa shape index (κ1) is 32.5. The number of fused-ring (bicyclic) bond motifs is 10. The van der Waals surface area contributed by atoms with Gasteiger partial charge in [0.05, 0.1) is 5.41 Å². The molecule has 0 radical (unpaired) electrons. The molecule has 0 amide bonds. The van der Waals surface area contributed by atoms with Crippen LogP contribution in [0.2, 0.25) is 0 Å². The summed E-state index contributed by atoms with van der Waals surface area (Å²) in [4.78, 5) is 0. The molecule has 0 nitrogen and oxygen atoms in total. The molecule has 11 aromatic rings. The highest BCUT2D eigenvalue weighted by molar-refractivity contribution is 6.27. The summed E-state index contributed by atoms with van der Waals surface area (Å²) < 4.78 is 0. The van der Waals surface area contributed by atoms with E-state index in [0.717, 1.165) is 0 Å². The molecule has 0 fully saturated rings. The number of rotatable bonds is 4. The third-order valence-electron chi connectivity index (χ3n) is 13.4. The maximum absolute atomic E-state index is 2.52. The van der Waals surface area contributed by atoms with Gasteiger partial charge in [-0.05, 0) is 146 Å². The van der Waals surface area contributed by atoms with Gasteiger partial charge in [-0.2, -0.15) is 0 Å². The molecular weight excluding hydrogens is 709 g/mol. The van der Waals surface area contributed by atoms with Gasteiger partial charge in [0, 0.05) is 0 Å². The standard InChI is InChI=1S/C59H36/c1-3-13-37(14-4-1)42-33-43(38-15-5-2-6-16-38)35-44(34-42)46-29-24-40-25-31-51-45(28-23-39-26-32-52(46)58(40)57(39)51)41-27-30-50-49-19-9-12-22-55(49)59(56(50)36-41)53-20-10-7-17-47(53)48-18-8-11-21-54(48)59/h1-36H. The molecule has 0 heteroatoms. The second-order valence-corrected chi connectivity index (χ2v) is 16.3. The van der Waals surface area contributed by atoms with Crippen LogP contribution in [0.5, 0.6) is 0 Å². The van der Waals surface area contributed by atoms with Crippen LogP contribution in [-0.2, 0) is 5.41 Å². The number of hydrogen-bond acceptors (Lipinski definition) is 0. The van der Waals surface area contributed by atoms with Gasteiger partial charge in [-0.15, -0.1) is 0 Å². The summed E-state index contributed by atoms with van der Waals surface area (Å²) in [6.07, 6.45) is 0. The molecule has 0 bridgehead atoms. The van der Waals surface area contributed by atoms with Gasteiger partial charge in [0.1, 0.15) is 0 Å². The fourth-order valence-corrected chi connectivity index (χ4v) is 10.9. The summed E-state index contributed by atoms with van der Waals surface area (Å²) in [5.41, 5.74) is 20.3. The molecule has 0 heterocycles. The highest BCUT2D eigenvalue weighted by Gasteiger charge is 2.51. The summed E-state index contributed by atoms with van der Waals surface area (Å²) in [6.45, 7) is 0. The van der Waals surface area contributed by atoms with Crippen LogP contribution in [0.15, 0.2) is 218 Å². The lowest BCUT2D eigenvalue weighted by Gasteiger charge is -2.30. The first-order valence-electron chi connectivity index (χ1n) is 20.7. The van der Waals surface area contributed by atoms with Crippen molar-refractivity contribution >= 4 is 32.3 Å². The minimum absolute atomic E-state index is 0.374. The van der Waals surface area contributed by atoms with Crippen molar-refractivity contribution < 1.29 is 0 Å². The van der Waals surface area contributed by atoms with E-state index in [1.807, 2.05) is 0 Å². The Hall–Kier alpha value is -7.54. The summed E-state index contributed by atoms with van der Waals surface area (Å²) >= 11 is 0. The van der Waals surface area contributed by atoms with Crippen LogP contribution in [0, 0.1) is 0 Å². The van der Waals surface area contributed by atoms with Crippen molar-refractivity contribution in [2.24, 2.45) is 0 Å². The monoisotopic (exact) mass is 744 g/mol. The molecular formula is C59H36. The summed E-state index contributed by atoms with van der Waals surface area (Å²) in [7, 11) is 0. The Morgan fingerprint density at radius 3 is 1.12 bits per heavy atom. The molecule has 0 atom stereocenters. The van der Waals surface area contributed by atoms with Crippen molar-refractivity contribution in [3.8, 4) is 66.8 Å². The van der Waals surface area contributed by atoms with E-state index in [1.54, 1.807) is 0 Å². The lowest BCUT2D eigenvalue weighted by Crippen LogP contribution is -2.25. The third kappa shape index (κ3) is 4.49. The van der Waals surface area contributed by atoms with E-state index in [4.69, 9.17) is 0 Å². The van der Waals surface area contributed by atoms with Crippen molar-refractivity contribution in [1.82, 2.24) is 0 Å². The second kappa shape index (κ2) is 12.2. The Bertz CT molecular complexity index is 3360. The molecule has 272 valence electrons. The Morgan fingerprint density at radius 1 is 0.220 bits per heavy atom. The van der Waals surface area contributed by atoms with Crippen LogP contribution in [0.4, 0.5) is 0 Å². The fraction of sp³-hybridized carbons (Fsp3) is 0.0169. The smallest absolute Gasteiger partial charge is 0.0622 e. The minimum atomic E-state index is -0.374. The van der Waals surface area contributed by atoms with Crippen molar-refractivity contribution in [2.75, 3.05) is 0 Å². The third-order valence-corrected chi connectivity index (χ3v) is 13.4. The molecule has 11 aromatic carbocycles. The maximum atomic E-state index is 2.52. The lowest BCUT2D eigenvalue weighted by molar-refractivity contribution is 0.794. The topological polar surface area (TPSA) is 0 Å². The quantitative estimate of drug-likeness (QED) is 0.157. The van der Waals surface area contributed by atoms with Crippen molar-refractivity contribution in [1.29, 1.82) is 0 Å². The zero-order valence-electron chi connectivity index (χ0n) is 32.3. The SMILES string of the molecule is c1ccc(-c2cc(-c3ccccc3)cc(-c3ccc4ccc5c(-c6ccc7c(c6)C6(c8ccccc8-c8ccccc86)c6ccccc6-7)ccc6ccc3c4c65)c2)cc1. The van der Waals surface area contributed by atoms with Gasteiger partial charge in [-0.25, -0.2) is 0 Å². The van der Waals surface area contributed by atoms with Gasteiger partial charge in [0.2, 0.25) is 0 Å². The summed E-state index contributed by atoms with van der Waals surface area (Å²) in [6, 6.07) is 81.8. The molecule has 59 heavy (non-hydrogen) atoms. The van der Waals surface area contributed by atoms with Gasteiger partial charge in [-0.1, -0.05) is 194 Å². The summed E-state index contributed by atoms with van der Waals surface area (Å²) in [5.74, 6) is 0. The van der Waals surface area contributed by atoms with E-state index in [0.29, 0.717) is 0 Å². The highest BCUT2D eigenvalue weighted by Crippen LogP contribution is 2.63. The molecule has 1 spiro atoms. The number of hydrogen-bond donors (Lipinski definition) is 0. The molecule has 2 aliphatic carbocycles. The van der Waals surface area contributed by atoms with Crippen molar-refractivity contribution in [3.05, 3.63) is 241 Å². The van der Waals surface area contributed by atoms with E-state index in [2.05, 4.69) is 218 Å². The van der Waals surface area contributed by atoms with Crippen LogP contribution >= 0.6 is 0 Å². The molecule has 0 aliphatic heterocycles. The predicted molar refractivity (Wildman–Crippen MR) is 248 cm³/mol. The Morgan fingerprint density at radius 2 is 0.610 bits per heavy atom. The average Bonchev–Trinajstić information content (AvgIpc) is 3.78. The lowest BCUT2D eigenvalue weighted by atomic mass is 9.70. The van der Waals surface area contributed by atoms with Crippen molar-refractivity contribution in [2.45, 2.75) is 5.41 Å². The molecule has 0 aromatic heterocycles. The Kier molecular flexibility index (Phi) is 6.74. The molecule has 0 saturated heterocycles. The van der Waals surface area contributed by atoms with E-state index in [9.17, 15) is 0 Å². The molecule has 2 aliphatic rings. The van der Waals surface area contributed by atoms with E-state index in [1.165, 1.54) is 121 Å². The zero-order chi connectivity index (χ0) is 38.7. The Balaban J connectivity index is 1.03. The van der Waals surface area contributed by atoms with Gasteiger partial charge < -0.3 is 0 Å². The normalized spacial score (nSPS) is 13.2. The highest BCUT2D eigenvalue weighted by atomic mass is 14.5. The van der Waals surface area contributed by atoms with Crippen LogP contribution in [0.1, 0.15) is 22.3 Å². The second-order valence-electron chi connectivity index (χ2n) is 16.3. The van der Waals surface area contributed by atoms with Gasteiger partial charge in [0.15, 0.2) is 0 Å². The van der Waals surface area contributed by atoms with Crippen LogP contribution in [0.25, 0.3) is 99.1 Å². The maximum Gasteiger partial charge on any atom is 0.0725 e. The van der Waals surface area contributed by atoms with E-state index < -0.39 is 0 Å². The average molecular weight is 745 g/mol. The fourth-order valence-electron chi connectivity index (χ4n) is 10.9. The molecule has 0 N–H and O–H groups in total. The predicted octanol–water partition coefficient (Wildman–Crippen LogP) is 15.6. The van der Waals surface area contributed by atoms with Crippen LogP contribution in [0.3, 0.4) is 0 Å². The molecule has 0 saturated carbocycles. The van der Waals surface area contributed by atoms with Gasteiger partial charge >= 0.3 is 0 Å². The number of benzene rings is 11. The van der Waals surface area contributed by atoms with Crippen molar-refractivity contribution in [3.63, 3.8) is 0 Å². The van der Waals surface area contributed by atoms with Crippen LogP contribution < -0.4 is 0 Å².